The van der Waals surface area contributed by atoms with Crippen LogP contribution >= 0.6 is 0 Å². The van der Waals surface area contributed by atoms with Gasteiger partial charge in [0.05, 0.1) is 12.1 Å². The topological polar surface area (TPSA) is 75.3 Å². The molecule has 0 aromatic carbocycles. The molecule has 0 bridgehead atoms. The van der Waals surface area contributed by atoms with E-state index in [1.54, 1.807) is 13.8 Å². The molecule has 10 heavy (non-hydrogen) atoms. The van der Waals surface area contributed by atoms with Crippen LogP contribution in [-0.2, 0) is 4.79 Å². The number of aliphatic hydroxyl groups is 1. The van der Waals surface area contributed by atoms with Crippen molar-refractivity contribution in [2.45, 2.75) is 26.0 Å². The summed E-state index contributed by atoms with van der Waals surface area (Å²) in [4.78, 5) is 10.4. The highest BCUT2D eigenvalue weighted by molar-refractivity contribution is 5.79. The van der Waals surface area contributed by atoms with Crippen molar-refractivity contribution in [3.05, 3.63) is 0 Å². The van der Waals surface area contributed by atoms with E-state index < -0.39 is 12.0 Å². The van der Waals surface area contributed by atoms with Crippen molar-refractivity contribution < 1.29 is 9.90 Å². The van der Waals surface area contributed by atoms with E-state index in [4.69, 9.17) is 10.8 Å². The SMILES string of the molecule is CC(O)CNC(C)C(N)=O. The Morgan fingerprint density at radius 2 is 2.20 bits per heavy atom. The summed E-state index contributed by atoms with van der Waals surface area (Å²) in [6.45, 7) is 3.69. The zero-order chi connectivity index (χ0) is 8.15. The zero-order valence-electron chi connectivity index (χ0n) is 6.29. The maximum absolute atomic E-state index is 10.4. The third-order valence-electron chi connectivity index (χ3n) is 1.15. The van der Waals surface area contributed by atoms with Crippen molar-refractivity contribution in [1.82, 2.24) is 5.32 Å². The summed E-state index contributed by atoms with van der Waals surface area (Å²) in [5.74, 6) is -0.402. The molecule has 0 fully saturated rings. The number of hydrogen-bond acceptors (Lipinski definition) is 3. The third-order valence-corrected chi connectivity index (χ3v) is 1.15. The predicted molar refractivity (Wildman–Crippen MR) is 38.3 cm³/mol. The van der Waals surface area contributed by atoms with E-state index in [1.165, 1.54) is 0 Å². The van der Waals surface area contributed by atoms with Crippen LogP contribution in [0.3, 0.4) is 0 Å². The monoisotopic (exact) mass is 146 g/mol. The number of aliphatic hydroxyl groups excluding tert-OH is 1. The number of rotatable bonds is 4. The maximum atomic E-state index is 10.4. The van der Waals surface area contributed by atoms with Crippen LogP contribution in [0.2, 0.25) is 0 Å². The standard InChI is InChI=1S/C6H14N2O2/c1-4(9)3-8-5(2)6(7)10/h4-5,8-9H,3H2,1-2H3,(H2,7,10). The first kappa shape index (κ1) is 9.39. The first-order valence-corrected chi connectivity index (χ1v) is 3.24. The summed E-state index contributed by atoms with van der Waals surface area (Å²) in [6, 6.07) is -0.366. The normalized spacial score (nSPS) is 16.3. The summed E-state index contributed by atoms with van der Waals surface area (Å²) in [5, 5.41) is 11.5. The largest absolute Gasteiger partial charge is 0.392 e. The number of primary amides is 1. The van der Waals surface area contributed by atoms with E-state index in [2.05, 4.69) is 5.32 Å². The van der Waals surface area contributed by atoms with Crippen molar-refractivity contribution in [2.75, 3.05) is 6.54 Å². The molecular weight excluding hydrogens is 132 g/mol. The van der Waals surface area contributed by atoms with Crippen LogP contribution in [0.1, 0.15) is 13.8 Å². The molecule has 0 radical (unpaired) electrons. The van der Waals surface area contributed by atoms with E-state index >= 15 is 0 Å². The fourth-order valence-electron chi connectivity index (χ4n) is 0.448. The smallest absolute Gasteiger partial charge is 0.234 e. The second-order valence-electron chi connectivity index (χ2n) is 2.38. The Bertz CT molecular complexity index is 114. The van der Waals surface area contributed by atoms with Gasteiger partial charge < -0.3 is 16.2 Å². The minimum absolute atomic E-state index is 0.366. The number of hydrogen-bond donors (Lipinski definition) is 3. The highest BCUT2D eigenvalue weighted by Gasteiger charge is 2.07. The number of nitrogens with one attached hydrogen (secondary N) is 1. The number of nitrogens with two attached hydrogens (primary N) is 1. The fourth-order valence-corrected chi connectivity index (χ4v) is 0.448. The van der Waals surface area contributed by atoms with Crippen LogP contribution in [0, 0.1) is 0 Å². The molecule has 0 saturated heterocycles. The summed E-state index contributed by atoms with van der Waals surface area (Å²) in [6.07, 6.45) is -0.443. The van der Waals surface area contributed by atoms with E-state index in [0.717, 1.165) is 0 Å². The molecule has 4 nitrogen and oxygen atoms in total. The maximum Gasteiger partial charge on any atom is 0.234 e. The van der Waals surface area contributed by atoms with Crippen molar-refractivity contribution in [1.29, 1.82) is 0 Å². The number of amides is 1. The predicted octanol–water partition coefficient (Wildman–Crippen LogP) is -1.17. The van der Waals surface area contributed by atoms with Crippen molar-refractivity contribution in [3.63, 3.8) is 0 Å². The Balaban J connectivity index is 3.40. The molecule has 0 aromatic rings. The molecule has 60 valence electrons. The van der Waals surface area contributed by atoms with Crippen molar-refractivity contribution >= 4 is 5.91 Å². The van der Waals surface area contributed by atoms with E-state index in [-0.39, 0.29) is 6.04 Å². The zero-order valence-corrected chi connectivity index (χ0v) is 6.29. The molecule has 4 heteroatoms. The molecule has 0 aliphatic carbocycles. The van der Waals surface area contributed by atoms with Crippen LogP contribution in [0.5, 0.6) is 0 Å². The molecule has 4 N–H and O–H groups in total. The van der Waals surface area contributed by atoms with Crippen LogP contribution in [-0.4, -0.2) is 29.7 Å². The molecule has 0 saturated carbocycles. The number of carbonyl (C=O) groups excluding carboxylic acids is 1. The van der Waals surface area contributed by atoms with Gasteiger partial charge in [-0.25, -0.2) is 0 Å². The van der Waals surface area contributed by atoms with Gasteiger partial charge in [0.15, 0.2) is 0 Å². The highest BCUT2D eigenvalue weighted by Crippen LogP contribution is 1.80. The van der Waals surface area contributed by atoms with Gasteiger partial charge >= 0.3 is 0 Å². The molecule has 0 rings (SSSR count). The Kier molecular flexibility index (Phi) is 3.99. The summed E-state index contributed by atoms with van der Waals surface area (Å²) in [5.41, 5.74) is 4.94. The second kappa shape index (κ2) is 4.24. The van der Waals surface area contributed by atoms with E-state index in [0.29, 0.717) is 6.54 Å². The quantitative estimate of drug-likeness (QED) is 0.468. The van der Waals surface area contributed by atoms with Gasteiger partial charge in [-0.05, 0) is 13.8 Å². The van der Waals surface area contributed by atoms with Gasteiger partial charge in [0.2, 0.25) is 5.91 Å². The Hall–Kier alpha value is -0.610. The molecule has 2 unspecified atom stereocenters. The summed E-state index contributed by atoms with van der Waals surface area (Å²) >= 11 is 0. The lowest BCUT2D eigenvalue weighted by Crippen LogP contribution is -2.41. The lowest BCUT2D eigenvalue weighted by molar-refractivity contribution is -0.119. The molecule has 0 aliphatic heterocycles. The van der Waals surface area contributed by atoms with Gasteiger partial charge in [-0.15, -0.1) is 0 Å². The lowest BCUT2D eigenvalue weighted by Gasteiger charge is -2.10. The average molecular weight is 146 g/mol. The van der Waals surface area contributed by atoms with E-state index in [9.17, 15) is 4.79 Å². The van der Waals surface area contributed by atoms with Gasteiger partial charge in [-0.2, -0.15) is 0 Å². The summed E-state index contributed by atoms with van der Waals surface area (Å²) < 4.78 is 0. The Labute approximate surface area is 60.4 Å². The Morgan fingerprint density at radius 3 is 2.50 bits per heavy atom. The van der Waals surface area contributed by atoms with Crippen molar-refractivity contribution in [3.8, 4) is 0 Å². The van der Waals surface area contributed by atoms with Crippen LogP contribution in [0.4, 0.5) is 0 Å². The molecule has 0 spiro atoms. The van der Waals surface area contributed by atoms with Crippen LogP contribution < -0.4 is 11.1 Å². The van der Waals surface area contributed by atoms with Gasteiger partial charge in [0.1, 0.15) is 0 Å². The van der Waals surface area contributed by atoms with Gasteiger partial charge in [-0.3, -0.25) is 4.79 Å². The molecule has 1 amide bonds. The first-order valence-electron chi connectivity index (χ1n) is 3.24. The molecule has 0 heterocycles. The molecule has 0 aromatic heterocycles. The summed E-state index contributed by atoms with van der Waals surface area (Å²) in [7, 11) is 0. The number of carbonyl (C=O) groups is 1. The minimum Gasteiger partial charge on any atom is -0.392 e. The molecule has 2 atom stereocenters. The van der Waals surface area contributed by atoms with Gasteiger partial charge in [0, 0.05) is 6.54 Å². The molecular formula is C6H14N2O2. The van der Waals surface area contributed by atoms with E-state index in [1.807, 2.05) is 0 Å². The van der Waals surface area contributed by atoms with Gasteiger partial charge in [-0.1, -0.05) is 0 Å². The van der Waals surface area contributed by atoms with Crippen molar-refractivity contribution in [2.24, 2.45) is 5.73 Å². The van der Waals surface area contributed by atoms with Crippen LogP contribution in [0.25, 0.3) is 0 Å². The first-order chi connectivity index (χ1) is 4.54. The molecule has 0 aliphatic rings. The second-order valence-corrected chi connectivity index (χ2v) is 2.38. The average Bonchev–Trinajstić information content (AvgIpc) is 1.82. The van der Waals surface area contributed by atoms with Gasteiger partial charge in [0.25, 0.3) is 0 Å². The third kappa shape index (κ3) is 4.29. The fraction of sp³-hybridized carbons (Fsp3) is 0.833. The van der Waals surface area contributed by atoms with Crippen LogP contribution in [0.15, 0.2) is 0 Å². The highest BCUT2D eigenvalue weighted by atomic mass is 16.3. The minimum atomic E-state index is -0.443. The lowest BCUT2D eigenvalue weighted by atomic mass is 10.3. The Morgan fingerprint density at radius 1 is 1.70 bits per heavy atom.